The van der Waals surface area contributed by atoms with Crippen LogP contribution in [0.25, 0.3) is 10.2 Å². The molecule has 2 aliphatic heterocycles. The van der Waals surface area contributed by atoms with Gasteiger partial charge in [-0.05, 0) is 48.4 Å². The number of anilines is 1. The van der Waals surface area contributed by atoms with Gasteiger partial charge in [0.2, 0.25) is 5.91 Å². The van der Waals surface area contributed by atoms with E-state index in [1.165, 1.54) is 11.1 Å². The Balaban J connectivity index is 1.38. The first kappa shape index (κ1) is 17.6. The molecule has 0 radical (unpaired) electrons. The summed E-state index contributed by atoms with van der Waals surface area (Å²) in [6.45, 7) is 3.47. The van der Waals surface area contributed by atoms with Crippen LogP contribution >= 0.6 is 11.3 Å². The summed E-state index contributed by atoms with van der Waals surface area (Å²) in [4.78, 5) is 30.1. The maximum Gasteiger partial charge on any atom is 0.222 e. The van der Waals surface area contributed by atoms with E-state index < -0.39 is 0 Å². The quantitative estimate of drug-likeness (QED) is 0.682. The Morgan fingerprint density at radius 1 is 1.11 bits per heavy atom. The molecule has 144 valence electrons. The molecule has 28 heavy (non-hydrogen) atoms. The highest BCUT2D eigenvalue weighted by molar-refractivity contribution is 7.17. The Bertz CT molecular complexity index is 991. The van der Waals surface area contributed by atoms with Crippen molar-refractivity contribution in [2.24, 2.45) is 5.41 Å². The number of likely N-dealkylation sites (tertiary alicyclic amines) is 1. The number of amides is 1. The molecule has 0 saturated carbocycles. The fourth-order valence-electron chi connectivity index (χ4n) is 4.68. The number of carbonyl (C=O) groups excluding carboxylic acids is 1. The van der Waals surface area contributed by atoms with E-state index in [2.05, 4.69) is 31.3 Å². The Hall–Kier alpha value is -2.54. The van der Waals surface area contributed by atoms with Crippen molar-refractivity contribution in [3.63, 3.8) is 0 Å². The number of aromatic nitrogens is 3. The van der Waals surface area contributed by atoms with E-state index in [0.29, 0.717) is 13.0 Å². The molecule has 2 fully saturated rings. The fourth-order valence-corrected chi connectivity index (χ4v) is 5.54. The monoisotopic (exact) mass is 393 g/mol. The standard InChI is InChI=1S/C21H23N5OS/c27-18-2-7-21(14-26(18)12-16-3-8-22-9-4-16)6-1-10-25(13-21)20-19-17(5-11-28-19)23-15-24-20/h3-5,8-9,11,15H,1-2,6-7,10,12-14H2/t21-/m0/s1. The lowest BCUT2D eigenvalue weighted by Gasteiger charge is -2.48. The highest BCUT2D eigenvalue weighted by Crippen LogP contribution is 2.41. The van der Waals surface area contributed by atoms with Gasteiger partial charge in [0.25, 0.3) is 0 Å². The first-order valence-corrected chi connectivity index (χ1v) is 10.7. The molecular formula is C21H23N5OS. The number of nitrogens with zero attached hydrogens (tertiary/aromatic N) is 5. The van der Waals surface area contributed by atoms with Crippen LogP contribution in [0.1, 0.15) is 31.2 Å². The molecule has 3 aromatic rings. The molecule has 2 aliphatic rings. The van der Waals surface area contributed by atoms with Gasteiger partial charge < -0.3 is 9.80 Å². The summed E-state index contributed by atoms with van der Waals surface area (Å²) < 4.78 is 1.17. The fraction of sp³-hybridized carbons (Fsp3) is 0.429. The summed E-state index contributed by atoms with van der Waals surface area (Å²) in [6, 6.07) is 6.05. The van der Waals surface area contributed by atoms with E-state index in [9.17, 15) is 4.79 Å². The van der Waals surface area contributed by atoms with Gasteiger partial charge in [-0.2, -0.15) is 0 Å². The number of hydrogen-bond acceptors (Lipinski definition) is 6. The molecule has 1 spiro atoms. The van der Waals surface area contributed by atoms with Crippen LogP contribution in [0.4, 0.5) is 5.82 Å². The van der Waals surface area contributed by atoms with E-state index in [1.807, 2.05) is 17.0 Å². The summed E-state index contributed by atoms with van der Waals surface area (Å²) in [5.74, 6) is 1.32. The van der Waals surface area contributed by atoms with Crippen molar-refractivity contribution in [3.8, 4) is 0 Å². The number of thiophene rings is 1. The zero-order valence-electron chi connectivity index (χ0n) is 15.8. The van der Waals surface area contributed by atoms with Crippen LogP contribution in [0, 0.1) is 5.41 Å². The minimum atomic E-state index is 0.147. The average Bonchev–Trinajstić information content (AvgIpc) is 3.21. The molecule has 1 amide bonds. The lowest BCUT2D eigenvalue weighted by molar-refractivity contribution is -0.138. The highest BCUT2D eigenvalue weighted by atomic mass is 32.1. The summed E-state index contributed by atoms with van der Waals surface area (Å²) in [5, 5.41) is 2.08. The average molecular weight is 394 g/mol. The Labute approximate surface area is 168 Å². The van der Waals surface area contributed by atoms with Gasteiger partial charge >= 0.3 is 0 Å². The highest BCUT2D eigenvalue weighted by Gasteiger charge is 2.42. The second kappa shape index (κ2) is 7.13. The Kier molecular flexibility index (Phi) is 4.47. The molecule has 3 aromatic heterocycles. The van der Waals surface area contributed by atoms with Gasteiger partial charge in [0, 0.05) is 50.4 Å². The van der Waals surface area contributed by atoms with E-state index in [1.54, 1.807) is 30.1 Å². The van der Waals surface area contributed by atoms with Crippen LogP contribution in [0.5, 0.6) is 0 Å². The molecule has 0 N–H and O–H groups in total. The van der Waals surface area contributed by atoms with Crippen molar-refractivity contribution < 1.29 is 4.79 Å². The molecule has 0 unspecified atom stereocenters. The smallest absolute Gasteiger partial charge is 0.222 e. The van der Waals surface area contributed by atoms with Crippen LogP contribution < -0.4 is 4.90 Å². The second-order valence-corrected chi connectivity index (χ2v) is 8.88. The molecule has 1 atom stereocenters. The third kappa shape index (κ3) is 3.24. The predicted octanol–water partition coefficient (Wildman–Crippen LogP) is 3.50. The lowest BCUT2D eigenvalue weighted by atomic mass is 9.73. The van der Waals surface area contributed by atoms with E-state index in [-0.39, 0.29) is 11.3 Å². The number of piperidine rings is 2. The van der Waals surface area contributed by atoms with Crippen molar-refractivity contribution in [2.75, 3.05) is 24.5 Å². The second-order valence-electron chi connectivity index (χ2n) is 7.96. The molecule has 2 saturated heterocycles. The van der Waals surface area contributed by atoms with Crippen molar-refractivity contribution in [3.05, 3.63) is 47.9 Å². The molecule has 0 bridgehead atoms. The normalized spacial score (nSPS) is 22.9. The third-order valence-electron chi connectivity index (χ3n) is 6.06. The molecule has 5 rings (SSSR count). The summed E-state index contributed by atoms with van der Waals surface area (Å²) in [6.07, 6.45) is 9.17. The van der Waals surface area contributed by atoms with Crippen molar-refractivity contribution >= 4 is 33.3 Å². The number of carbonyl (C=O) groups is 1. The minimum Gasteiger partial charge on any atom is -0.355 e. The molecule has 6 nitrogen and oxygen atoms in total. The first-order chi connectivity index (χ1) is 13.7. The third-order valence-corrected chi connectivity index (χ3v) is 6.96. The van der Waals surface area contributed by atoms with Crippen LogP contribution in [-0.4, -0.2) is 45.4 Å². The molecule has 0 aromatic carbocycles. The molecule has 0 aliphatic carbocycles. The summed E-state index contributed by atoms with van der Waals surface area (Å²) >= 11 is 1.71. The van der Waals surface area contributed by atoms with Crippen molar-refractivity contribution in [2.45, 2.75) is 32.2 Å². The number of hydrogen-bond donors (Lipinski definition) is 0. The van der Waals surface area contributed by atoms with Gasteiger partial charge in [-0.25, -0.2) is 9.97 Å². The van der Waals surface area contributed by atoms with Gasteiger partial charge in [-0.1, -0.05) is 0 Å². The zero-order valence-corrected chi connectivity index (χ0v) is 16.6. The molecular weight excluding hydrogens is 370 g/mol. The van der Waals surface area contributed by atoms with Gasteiger partial charge in [0.15, 0.2) is 0 Å². The molecule has 7 heteroatoms. The van der Waals surface area contributed by atoms with Crippen molar-refractivity contribution in [1.29, 1.82) is 0 Å². The zero-order chi connectivity index (χ0) is 19.0. The minimum absolute atomic E-state index is 0.147. The number of rotatable bonds is 3. The van der Waals surface area contributed by atoms with Gasteiger partial charge in [0.1, 0.15) is 12.1 Å². The maximum atomic E-state index is 12.6. The number of pyridine rings is 1. The Morgan fingerprint density at radius 2 is 2.00 bits per heavy atom. The largest absolute Gasteiger partial charge is 0.355 e. The summed E-state index contributed by atoms with van der Waals surface area (Å²) in [7, 11) is 0. The SMILES string of the molecule is O=C1CC[C@]2(CCCN(c3ncnc4ccsc34)C2)CN1Cc1ccncc1. The number of fused-ring (bicyclic) bond motifs is 1. The van der Waals surface area contributed by atoms with Gasteiger partial charge in [-0.15, -0.1) is 11.3 Å². The van der Waals surface area contributed by atoms with Gasteiger partial charge in [0.05, 0.1) is 10.2 Å². The maximum absolute atomic E-state index is 12.6. The van der Waals surface area contributed by atoms with E-state index in [4.69, 9.17) is 0 Å². The van der Waals surface area contributed by atoms with E-state index >= 15 is 0 Å². The molecule has 5 heterocycles. The van der Waals surface area contributed by atoms with Crippen LogP contribution in [0.2, 0.25) is 0 Å². The van der Waals surface area contributed by atoms with Crippen LogP contribution in [0.15, 0.2) is 42.3 Å². The first-order valence-electron chi connectivity index (χ1n) is 9.82. The topological polar surface area (TPSA) is 62.2 Å². The van der Waals surface area contributed by atoms with Crippen LogP contribution in [-0.2, 0) is 11.3 Å². The Morgan fingerprint density at radius 3 is 2.89 bits per heavy atom. The predicted molar refractivity (Wildman–Crippen MR) is 110 cm³/mol. The summed E-state index contributed by atoms with van der Waals surface area (Å²) in [5.41, 5.74) is 2.31. The van der Waals surface area contributed by atoms with Crippen LogP contribution in [0.3, 0.4) is 0 Å². The van der Waals surface area contributed by atoms with Crippen molar-refractivity contribution in [1.82, 2.24) is 19.9 Å². The van der Waals surface area contributed by atoms with Gasteiger partial charge in [-0.3, -0.25) is 9.78 Å². The lowest BCUT2D eigenvalue weighted by Crippen LogP contribution is -2.54. The van der Waals surface area contributed by atoms with E-state index in [0.717, 1.165) is 49.4 Å².